The molecule has 0 aromatic carbocycles. The zero-order chi connectivity index (χ0) is 10.7. The Kier molecular flexibility index (Phi) is 22.1. The molecule has 0 nitrogen and oxygen atoms in total. The SMILES string of the molecule is CC(C)Br.CC(C)C.CC(C)Cl. The minimum absolute atomic E-state index is 0.306. The molecule has 0 saturated carbocycles. The minimum Gasteiger partial charge on any atom is -0.124 e. The van der Waals surface area contributed by atoms with Gasteiger partial charge >= 0.3 is 0 Å². The largest absolute Gasteiger partial charge is 0.124 e. The molecule has 0 fully saturated rings. The first kappa shape index (κ1) is 18.5. The molecule has 12 heavy (non-hydrogen) atoms. The molecule has 0 spiro atoms. The van der Waals surface area contributed by atoms with E-state index in [9.17, 15) is 0 Å². The Hall–Kier alpha value is 0.770. The second kappa shape index (κ2) is 14.3. The summed E-state index contributed by atoms with van der Waals surface area (Å²) in [6.07, 6.45) is 0. The van der Waals surface area contributed by atoms with E-state index < -0.39 is 0 Å². The van der Waals surface area contributed by atoms with Crippen molar-refractivity contribution in [2.45, 2.75) is 58.7 Å². The highest BCUT2D eigenvalue weighted by atomic mass is 79.9. The Balaban J connectivity index is -0.000000101. The van der Waals surface area contributed by atoms with Crippen LogP contribution in [0.3, 0.4) is 0 Å². The summed E-state index contributed by atoms with van der Waals surface area (Å²) < 4.78 is 0. The monoisotopic (exact) mass is 258 g/mol. The van der Waals surface area contributed by atoms with Gasteiger partial charge in [-0.2, -0.15) is 0 Å². The van der Waals surface area contributed by atoms with Crippen LogP contribution in [0.5, 0.6) is 0 Å². The summed E-state index contributed by atoms with van der Waals surface area (Å²) in [6.45, 7) is 14.5. The highest BCUT2D eigenvalue weighted by Gasteiger charge is 1.71. The van der Waals surface area contributed by atoms with Gasteiger partial charge in [-0.15, -0.1) is 11.6 Å². The maximum Gasteiger partial charge on any atom is 0.0279 e. The van der Waals surface area contributed by atoms with Crippen molar-refractivity contribution in [2.75, 3.05) is 0 Å². The molecule has 0 heterocycles. The number of alkyl halides is 2. The Labute approximate surface area is 92.2 Å². The summed E-state index contributed by atoms with van der Waals surface area (Å²) in [4.78, 5) is 0.646. The van der Waals surface area contributed by atoms with Gasteiger partial charge in [0.15, 0.2) is 0 Å². The van der Waals surface area contributed by atoms with Crippen molar-refractivity contribution < 1.29 is 0 Å². The second-order valence-electron chi connectivity index (χ2n) is 3.76. The molecule has 0 radical (unpaired) electrons. The van der Waals surface area contributed by atoms with Crippen LogP contribution in [0.15, 0.2) is 0 Å². The van der Waals surface area contributed by atoms with E-state index in [2.05, 4.69) is 50.5 Å². The standard InChI is InChI=1S/C4H10.C3H7Br.C3H7Cl/c1-4(2)3;2*1-3(2)4/h4H,1-3H3;2*3H,1-2H3. The van der Waals surface area contributed by atoms with Crippen LogP contribution in [0.1, 0.15) is 48.5 Å². The molecule has 0 aliphatic rings. The molecule has 0 atom stereocenters. The summed E-state index contributed by atoms with van der Waals surface area (Å²) in [5.74, 6) is 0.833. The Morgan fingerprint density at radius 3 is 0.833 bits per heavy atom. The van der Waals surface area contributed by atoms with Crippen molar-refractivity contribution in [1.82, 2.24) is 0 Å². The van der Waals surface area contributed by atoms with Crippen LogP contribution >= 0.6 is 27.5 Å². The van der Waals surface area contributed by atoms with Crippen LogP contribution < -0.4 is 0 Å². The zero-order valence-electron chi connectivity index (χ0n) is 9.49. The predicted octanol–water partition coefficient (Wildman–Crippen LogP) is 5.09. The van der Waals surface area contributed by atoms with Gasteiger partial charge in [-0.1, -0.05) is 50.5 Å². The molecule has 0 saturated heterocycles. The second-order valence-corrected chi connectivity index (χ2v) is 6.46. The number of halogens is 2. The third-order valence-corrected chi connectivity index (χ3v) is 0. The highest BCUT2D eigenvalue weighted by molar-refractivity contribution is 9.09. The average Bonchev–Trinajstić information content (AvgIpc) is 1.54. The first-order valence-corrected chi connectivity index (χ1v) is 5.83. The number of rotatable bonds is 0. The minimum atomic E-state index is 0.306. The first-order valence-electron chi connectivity index (χ1n) is 4.48. The molecular formula is C10H24BrCl. The van der Waals surface area contributed by atoms with Gasteiger partial charge in [0.25, 0.3) is 0 Å². The number of hydrogen-bond acceptors (Lipinski definition) is 0. The molecule has 0 unspecified atom stereocenters. The van der Waals surface area contributed by atoms with Crippen molar-refractivity contribution in [3.05, 3.63) is 0 Å². The number of hydrogen-bond donors (Lipinski definition) is 0. The first-order chi connectivity index (χ1) is 5.20. The van der Waals surface area contributed by atoms with Crippen LogP contribution in [-0.2, 0) is 0 Å². The predicted molar refractivity (Wildman–Crippen MR) is 65.6 cm³/mol. The maximum absolute atomic E-state index is 5.27. The van der Waals surface area contributed by atoms with Gasteiger partial charge in [0, 0.05) is 10.2 Å². The van der Waals surface area contributed by atoms with Gasteiger partial charge in [-0.05, 0) is 19.8 Å². The van der Waals surface area contributed by atoms with E-state index in [0.717, 1.165) is 5.92 Å². The van der Waals surface area contributed by atoms with E-state index in [1.165, 1.54) is 0 Å². The normalized spacial score (nSPS) is 9.00. The Bertz CT molecular complexity index is 38.3. The van der Waals surface area contributed by atoms with E-state index in [0.29, 0.717) is 10.2 Å². The quantitative estimate of drug-likeness (QED) is 0.532. The van der Waals surface area contributed by atoms with E-state index in [1.807, 2.05) is 13.8 Å². The van der Waals surface area contributed by atoms with Crippen molar-refractivity contribution in [3.63, 3.8) is 0 Å². The van der Waals surface area contributed by atoms with Gasteiger partial charge in [0.2, 0.25) is 0 Å². The maximum atomic E-state index is 5.27. The molecule has 0 aliphatic carbocycles. The van der Waals surface area contributed by atoms with Gasteiger partial charge in [-0.25, -0.2) is 0 Å². The lowest BCUT2D eigenvalue weighted by molar-refractivity contribution is 0.737. The fourth-order valence-electron chi connectivity index (χ4n) is 0. The molecule has 0 aromatic rings. The van der Waals surface area contributed by atoms with Crippen LogP contribution in [-0.4, -0.2) is 10.2 Å². The van der Waals surface area contributed by atoms with Gasteiger partial charge < -0.3 is 0 Å². The van der Waals surface area contributed by atoms with E-state index in [-0.39, 0.29) is 0 Å². The Morgan fingerprint density at radius 2 is 0.833 bits per heavy atom. The summed E-state index contributed by atoms with van der Waals surface area (Å²) in [5.41, 5.74) is 0. The molecule has 0 bridgehead atoms. The van der Waals surface area contributed by atoms with Crippen molar-refractivity contribution >= 4 is 27.5 Å². The third-order valence-electron chi connectivity index (χ3n) is 0. The summed E-state index contributed by atoms with van der Waals surface area (Å²) in [5, 5.41) is 0.306. The molecule has 2 heteroatoms. The van der Waals surface area contributed by atoms with E-state index in [1.54, 1.807) is 0 Å². The van der Waals surface area contributed by atoms with Crippen LogP contribution in [0.4, 0.5) is 0 Å². The molecule has 0 amide bonds. The molecular weight excluding hydrogens is 235 g/mol. The smallest absolute Gasteiger partial charge is 0.0279 e. The van der Waals surface area contributed by atoms with Gasteiger partial charge in [0.05, 0.1) is 0 Å². The average molecular weight is 260 g/mol. The van der Waals surface area contributed by atoms with Crippen molar-refractivity contribution in [2.24, 2.45) is 5.92 Å². The van der Waals surface area contributed by atoms with Crippen LogP contribution in [0.25, 0.3) is 0 Å². The molecule has 0 rings (SSSR count). The summed E-state index contributed by atoms with van der Waals surface area (Å²) in [7, 11) is 0. The summed E-state index contributed by atoms with van der Waals surface area (Å²) in [6, 6.07) is 0. The molecule has 78 valence electrons. The lowest BCUT2D eigenvalue weighted by atomic mass is 10.3. The van der Waals surface area contributed by atoms with E-state index in [4.69, 9.17) is 11.6 Å². The lowest BCUT2D eigenvalue weighted by Crippen LogP contribution is -1.70. The van der Waals surface area contributed by atoms with Gasteiger partial charge in [-0.3, -0.25) is 0 Å². The third kappa shape index (κ3) is 1730. The fraction of sp³-hybridized carbons (Fsp3) is 1.00. The lowest BCUT2D eigenvalue weighted by Gasteiger charge is -1.79. The zero-order valence-corrected chi connectivity index (χ0v) is 11.8. The topological polar surface area (TPSA) is 0 Å². The van der Waals surface area contributed by atoms with Crippen molar-refractivity contribution in [3.8, 4) is 0 Å². The van der Waals surface area contributed by atoms with Crippen molar-refractivity contribution in [1.29, 1.82) is 0 Å². The summed E-state index contributed by atoms with van der Waals surface area (Å²) >= 11 is 8.55. The van der Waals surface area contributed by atoms with E-state index >= 15 is 0 Å². The van der Waals surface area contributed by atoms with Crippen LogP contribution in [0.2, 0.25) is 0 Å². The fourth-order valence-corrected chi connectivity index (χ4v) is 0. The Morgan fingerprint density at radius 1 is 0.833 bits per heavy atom. The molecule has 0 N–H and O–H groups in total. The molecule has 0 aliphatic heterocycles. The molecule has 0 aromatic heterocycles. The highest BCUT2D eigenvalue weighted by Crippen LogP contribution is 1.89. The van der Waals surface area contributed by atoms with Crippen LogP contribution in [0, 0.1) is 5.92 Å². The van der Waals surface area contributed by atoms with Gasteiger partial charge in [0.1, 0.15) is 0 Å².